The molecule has 4 nitrogen and oxygen atoms in total. The van der Waals surface area contributed by atoms with Gasteiger partial charge in [-0.05, 0) is 18.4 Å². The Hall–Kier alpha value is -1.10. The minimum absolute atomic E-state index is 0. The van der Waals surface area contributed by atoms with Crippen molar-refractivity contribution in [3.05, 3.63) is 35.9 Å². The normalized spacial score (nSPS) is 20.3. The van der Waals surface area contributed by atoms with E-state index in [2.05, 4.69) is 0 Å². The number of hydrogen-bond acceptors (Lipinski definition) is 3. The molecule has 5 heteroatoms. The maximum absolute atomic E-state index is 12.1. The van der Waals surface area contributed by atoms with Crippen LogP contribution < -0.4 is 5.73 Å². The molecular formula is C13H19ClN2O2. The zero-order valence-electron chi connectivity index (χ0n) is 10.2. The van der Waals surface area contributed by atoms with Gasteiger partial charge in [0.2, 0.25) is 0 Å². The van der Waals surface area contributed by atoms with E-state index in [0.29, 0.717) is 18.7 Å². The summed E-state index contributed by atoms with van der Waals surface area (Å²) in [6.07, 6.45) is 0.835. The van der Waals surface area contributed by atoms with Crippen LogP contribution in [0, 0.1) is 0 Å². The molecule has 1 fully saturated rings. The average Bonchev–Trinajstić information content (AvgIpc) is 2.86. The Morgan fingerprint density at radius 1 is 1.44 bits per heavy atom. The van der Waals surface area contributed by atoms with Crippen molar-refractivity contribution >= 4 is 18.3 Å². The molecule has 3 N–H and O–H groups in total. The van der Waals surface area contributed by atoms with Crippen LogP contribution in [0.3, 0.4) is 0 Å². The van der Waals surface area contributed by atoms with Gasteiger partial charge >= 0.3 is 0 Å². The van der Waals surface area contributed by atoms with Crippen LogP contribution in [-0.4, -0.2) is 35.0 Å². The molecule has 1 aliphatic rings. The van der Waals surface area contributed by atoms with Gasteiger partial charge in [-0.25, -0.2) is 0 Å². The molecule has 1 amide bonds. The van der Waals surface area contributed by atoms with Gasteiger partial charge in [-0.1, -0.05) is 30.3 Å². The monoisotopic (exact) mass is 270 g/mol. The van der Waals surface area contributed by atoms with Gasteiger partial charge in [0.25, 0.3) is 5.91 Å². The number of hydrogen-bond donors (Lipinski definition) is 2. The second kappa shape index (κ2) is 6.73. The first kappa shape index (κ1) is 15.0. The molecule has 1 aromatic carbocycles. The molecule has 0 aliphatic carbocycles. The lowest BCUT2D eigenvalue weighted by atomic mass is 10.1. The Labute approximate surface area is 113 Å². The smallest absolute Gasteiger partial charge is 0.256 e. The molecule has 0 radical (unpaired) electrons. The van der Waals surface area contributed by atoms with Crippen molar-refractivity contribution in [1.29, 1.82) is 0 Å². The summed E-state index contributed by atoms with van der Waals surface area (Å²) in [5, 5.41) is 10.0. The molecule has 0 saturated carbocycles. The van der Waals surface area contributed by atoms with Crippen LogP contribution in [-0.2, 0) is 4.79 Å². The van der Waals surface area contributed by atoms with E-state index in [9.17, 15) is 9.90 Å². The van der Waals surface area contributed by atoms with Crippen molar-refractivity contribution in [2.24, 2.45) is 5.73 Å². The highest BCUT2D eigenvalue weighted by atomic mass is 35.5. The number of nitrogens with two attached hydrogens (primary N) is 1. The third-order valence-corrected chi connectivity index (χ3v) is 3.28. The Balaban J connectivity index is 0.00000162. The third kappa shape index (κ3) is 3.02. The summed E-state index contributed by atoms with van der Waals surface area (Å²) >= 11 is 0. The molecule has 1 saturated heterocycles. The van der Waals surface area contributed by atoms with Crippen LogP contribution in [0.1, 0.15) is 24.5 Å². The molecule has 1 aliphatic heterocycles. The van der Waals surface area contributed by atoms with Crippen LogP contribution in [0.5, 0.6) is 0 Å². The molecule has 1 aromatic rings. The van der Waals surface area contributed by atoms with E-state index in [1.807, 2.05) is 18.2 Å². The number of benzene rings is 1. The first-order valence-corrected chi connectivity index (χ1v) is 5.97. The third-order valence-electron chi connectivity index (χ3n) is 3.28. The van der Waals surface area contributed by atoms with Gasteiger partial charge in [0.05, 0.1) is 0 Å². The van der Waals surface area contributed by atoms with Gasteiger partial charge in [0.15, 0.2) is 6.10 Å². The summed E-state index contributed by atoms with van der Waals surface area (Å²) in [5.41, 5.74) is 6.26. The number of carbonyl (C=O) groups is 1. The second-order valence-corrected chi connectivity index (χ2v) is 4.38. The fourth-order valence-corrected chi connectivity index (χ4v) is 2.31. The summed E-state index contributed by atoms with van der Waals surface area (Å²) in [5.74, 6) is -0.232. The molecule has 0 aromatic heterocycles. The second-order valence-electron chi connectivity index (χ2n) is 4.38. The van der Waals surface area contributed by atoms with Crippen molar-refractivity contribution < 1.29 is 9.90 Å². The number of amides is 1. The minimum atomic E-state index is -1.07. The molecule has 1 heterocycles. The number of aliphatic hydroxyl groups is 1. The molecule has 18 heavy (non-hydrogen) atoms. The Kier molecular flexibility index (Phi) is 5.59. The lowest BCUT2D eigenvalue weighted by molar-refractivity contribution is -0.141. The molecule has 0 bridgehead atoms. The quantitative estimate of drug-likeness (QED) is 0.864. The van der Waals surface area contributed by atoms with E-state index in [4.69, 9.17) is 5.73 Å². The van der Waals surface area contributed by atoms with Gasteiger partial charge in [-0.2, -0.15) is 0 Å². The Bertz CT molecular complexity index is 386. The summed E-state index contributed by atoms with van der Waals surface area (Å²) in [6, 6.07) is 9.10. The van der Waals surface area contributed by atoms with Crippen molar-refractivity contribution in [2.45, 2.75) is 25.0 Å². The number of rotatable bonds is 3. The topological polar surface area (TPSA) is 66.6 Å². The lowest BCUT2D eigenvalue weighted by Gasteiger charge is -2.26. The van der Waals surface area contributed by atoms with Crippen molar-refractivity contribution in [3.63, 3.8) is 0 Å². The molecule has 100 valence electrons. The van der Waals surface area contributed by atoms with Crippen molar-refractivity contribution in [1.82, 2.24) is 4.90 Å². The van der Waals surface area contributed by atoms with E-state index in [1.54, 1.807) is 17.0 Å². The number of halogens is 1. The summed E-state index contributed by atoms with van der Waals surface area (Å²) in [6.45, 7) is 1.16. The summed E-state index contributed by atoms with van der Waals surface area (Å²) < 4.78 is 0. The van der Waals surface area contributed by atoms with E-state index >= 15 is 0 Å². The van der Waals surface area contributed by atoms with Crippen molar-refractivity contribution in [2.75, 3.05) is 13.1 Å². The fraction of sp³-hybridized carbons (Fsp3) is 0.462. The zero-order valence-corrected chi connectivity index (χ0v) is 11.0. The molecule has 2 rings (SSSR count). The number of aliphatic hydroxyl groups excluding tert-OH is 1. The van der Waals surface area contributed by atoms with Crippen LogP contribution in [0.15, 0.2) is 30.3 Å². The highest BCUT2D eigenvalue weighted by Gasteiger charge is 2.31. The molecular weight excluding hydrogens is 252 g/mol. The lowest BCUT2D eigenvalue weighted by Crippen LogP contribution is -2.42. The first-order chi connectivity index (χ1) is 8.24. The van der Waals surface area contributed by atoms with Gasteiger partial charge in [-0.15, -0.1) is 12.4 Å². The largest absolute Gasteiger partial charge is 0.378 e. The standard InChI is InChI=1S/C13H18N2O2.ClH/c14-9-11-7-4-8-15(11)13(17)12(16)10-5-2-1-3-6-10;/h1-3,5-6,11-12,16H,4,7-9,14H2;1H. The maximum atomic E-state index is 12.1. The Morgan fingerprint density at radius 2 is 2.11 bits per heavy atom. The number of nitrogens with zero attached hydrogens (tertiary/aromatic N) is 1. The van der Waals surface area contributed by atoms with Crippen LogP contribution in [0.25, 0.3) is 0 Å². The molecule has 2 unspecified atom stereocenters. The van der Waals surface area contributed by atoms with Gasteiger partial charge in [-0.3, -0.25) is 4.79 Å². The van der Waals surface area contributed by atoms with E-state index in [-0.39, 0.29) is 24.4 Å². The van der Waals surface area contributed by atoms with Gasteiger partial charge < -0.3 is 15.7 Å². The highest BCUT2D eigenvalue weighted by Crippen LogP contribution is 2.22. The SMILES string of the molecule is Cl.NCC1CCCN1C(=O)C(O)c1ccccc1. The van der Waals surface area contributed by atoms with E-state index < -0.39 is 6.10 Å². The Morgan fingerprint density at radius 3 is 2.72 bits per heavy atom. The van der Waals surface area contributed by atoms with E-state index in [1.165, 1.54) is 0 Å². The summed E-state index contributed by atoms with van der Waals surface area (Å²) in [4.78, 5) is 13.8. The maximum Gasteiger partial charge on any atom is 0.256 e. The number of likely N-dealkylation sites (tertiary alicyclic amines) is 1. The van der Waals surface area contributed by atoms with Crippen molar-refractivity contribution in [3.8, 4) is 0 Å². The summed E-state index contributed by atoms with van der Waals surface area (Å²) in [7, 11) is 0. The first-order valence-electron chi connectivity index (χ1n) is 5.97. The highest BCUT2D eigenvalue weighted by molar-refractivity contribution is 5.85. The van der Waals surface area contributed by atoms with Gasteiger partial charge in [0.1, 0.15) is 0 Å². The fourth-order valence-electron chi connectivity index (χ4n) is 2.31. The van der Waals surface area contributed by atoms with E-state index in [0.717, 1.165) is 12.8 Å². The molecule has 0 spiro atoms. The number of carbonyl (C=O) groups excluding carboxylic acids is 1. The average molecular weight is 271 g/mol. The van der Waals surface area contributed by atoms with Gasteiger partial charge in [0, 0.05) is 19.1 Å². The predicted octanol–water partition coefficient (Wildman–Crippen LogP) is 1.09. The van der Waals surface area contributed by atoms with Crippen LogP contribution >= 0.6 is 12.4 Å². The predicted molar refractivity (Wildman–Crippen MR) is 72.4 cm³/mol. The molecule has 2 atom stereocenters. The minimum Gasteiger partial charge on any atom is -0.378 e. The van der Waals surface area contributed by atoms with Crippen LogP contribution in [0.2, 0.25) is 0 Å². The van der Waals surface area contributed by atoms with Crippen LogP contribution in [0.4, 0.5) is 0 Å². The zero-order chi connectivity index (χ0) is 12.3.